The SMILES string of the molecule is CC[C@]1(C)C[C@@](CC[NH2+]Cc2ccc(OC)cc2)(c2ccc(F)cc2)CCO1. The van der Waals surface area contributed by atoms with Crippen LogP contribution in [-0.2, 0) is 16.7 Å². The van der Waals surface area contributed by atoms with Crippen LogP contribution in [-0.4, -0.2) is 25.9 Å². The van der Waals surface area contributed by atoms with Gasteiger partial charge >= 0.3 is 0 Å². The number of hydrogen-bond acceptors (Lipinski definition) is 2. The van der Waals surface area contributed by atoms with Crippen LogP contribution in [0.15, 0.2) is 48.5 Å². The van der Waals surface area contributed by atoms with Gasteiger partial charge in [-0.25, -0.2) is 4.39 Å². The minimum Gasteiger partial charge on any atom is -0.497 e. The van der Waals surface area contributed by atoms with E-state index in [1.807, 2.05) is 24.3 Å². The number of hydrogen-bond donors (Lipinski definition) is 1. The lowest BCUT2D eigenvalue weighted by Gasteiger charge is -2.46. The van der Waals surface area contributed by atoms with Crippen molar-refractivity contribution < 1.29 is 19.2 Å². The van der Waals surface area contributed by atoms with Gasteiger partial charge in [0, 0.05) is 24.0 Å². The number of methoxy groups -OCH3 is 1. The van der Waals surface area contributed by atoms with Crippen LogP contribution in [0.3, 0.4) is 0 Å². The molecule has 3 rings (SSSR count). The molecule has 1 aliphatic heterocycles. The molecule has 152 valence electrons. The molecule has 0 aliphatic carbocycles. The molecule has 2 atom stereocenters. The Labute approximate surface area is 168 Å². The lowest BCUT2D eigenvalue weighted by molar-refractivity contribution is -0.672. The van der Waals surface area contributed by atoms with Crippen LogP contribution < -0.4 is 10.1 Å². The fraction of sp³-hybridized carbons (Fsp3) is 0.500. The predicted molar refractivity (Wildman–Crippen MR) is 110 cm³/mol. The quantitative estimate of drug-likeness (QED) is 0.690. The summed E-state index contributed by atoms with van der Waals surface area (Å²) >= 11 is 0. The van der Waals surface area contributed by atoms with Gasteiger partial charge in [0.1, 0.15) is 18.1 Å². The highest BCUT2D eigenvalue weighted by Gasteiger charge is 2.43. The Hall–Kier alpha value is -1.91. The topological polar surface area (TPSA) is 35.1 Å². The molecule has 0 aromatic heterocycles. The third-order valence-electron chi connectivity index (χ3n) is 6.31. The van der Waals surface area contributed by atoms with Crippen molar-refractivity contribution in [2.45, 2.75) is 57.1 Å². The van der Waals surface area contributed by atoms with Gasteiger partial charge in [0.25, 0.3) is 0 Å². The van der Waals surface area contributed by atoms with Crippen molar-refractivity contribution in [2.75, 3.05) is 20.3 Å². The van der Waals surface area contributed by atoms with Crippen LogP contribution in [0.5, 0.6) is 5.75 Å². The van der Waals surface area contributed by atoms with Crippen molar-refractivity contribution in [3.8, 4) is 5.75 Å². The third-order valence-corrected chi connectivity index (χ3v) is 6.31. The Bertz CT molecular complexity index is 746. The standard InChI is InChI=1S/C24H32FNO2/c1-4-23(2)18-24(14-16-28-23,20-7-9-21(25)10-8-20)13-15-26-17-19-5-11-22(27-3)12-6-19/h5-12,26H,4,13-18H2,1-3H3/p+1/t23-,24+/m1/s1. The van der Waals surface area contributed by atoms with Gasteiger partial charge in [-0.3, -0.25) is 0 Å². The largest absolute Gasteiger partial charge is 0.497 e. The van der Waals surface area contributed by atoms with E-state index in [2.05, 4.69) is 31.3 Å². The second kappa shape index (κ2) is 9.06. The molecule has 0 unspecified atom stereocenters. The van der Waals surface area contributed by atoms with Gasteiger partial charge in [0.15, 0.2) is 0 Å². The number of benzene rings is 2. The maximum atomic E-state index is 13.5. The number of ether oxygens (including phenoxy) is 2. The third kappa shape index (κ3) is 4.92. The number of halogens is 1. The molecule has 28 heavy (non-hydrogen) atoms. The first-order valence-electron chi connectivity index (χ1n) is 10.3. The molecule has 1 fully saturated rings. The second-order valence-electron chi connectivity index (χ2n) is 8.25. The molecular formula is C24H33FNO2+. The molecule has 0 spiro atoms. The summed E-state index contributed by atoms with van der Waals surface area (Å²) in [5.41, 5.74) is 2.48. The average Bonchev–Trinajstić information content (AvgIpc) is 2.72. The average molecular weight is 387 g/mol. The van der Waals surface area contributed by atoms with E-state index in [1.165, 1.54) is 11.1 Å². The number of nitrogens with two attached hydrogens (primary N) is 1. The summed E-state index contributed by atoms with van der Waals surface area (Å²) in [5, 5.41) is 2.37. The molecule has 4 heteroatoms. The van der Waals surface area contributed by atoms with Crippen molar-refractivity contribution in [1.82, 2.24) is 0 Å². The van der Waals surface area contributed by atoms with Gasteiger partial charge in [0.2, 0.25) is 0 Å². The predicted octanol–water partition coefficient (Wildman–Crippen LogP) is 4.20. The molecule has 1 heterocycles. The molecule has 2 aromatic rings. The van der Waals surface area contributed by atoms with Gasteiger partial charge in [-0.2, -0.15) is 0 Å². The maximum absolute atomic E-state index is 13.5. The van der Waals surface area contributed by atoms with E-state index in [1.54, 1.807) is 19.2 Å². The fourth-order valence-corrected chi connectivity index (χ4v) is 4.39. The van der Waals surface area contributed by atoms with E-state index in [0.717, 1.165) is 51.1 Å². The first-order valence-corrected chi connectivity index (χ1v) is 10.3. The maximum Gasteiger partial charge on any atom is 0.123 e. The summed E-state index contributed by atoms with van der Waals surface area (Å²) in [5.74, 6) is 0.718. The zero-order chi connectivity index (χ0) is 20.0. The lowest BCUT2D eigenvalue weighted by atomic mass is 9.66. The zero-order valence-electron chi connectivity index (χ0n) is 17.3. The van der Waals surface area contributed by atoms with E-state index < -0.39 is 0 Å². The van der Waals surface area contributed by atoms with Crippen LogP contribution >= 0.6 is 0 Å². The van der Waals surface area contributed by atoms with E-state index >= 15 is 0 Å². The van der Waals surface area contributed by atoms with E-state index in [0.29, 0.717) is 0 Å². The monoisotopic (exact) mass is 386 g/mol. The van der Waals surface area contributed by atoms with Crippen LogP contribution in [0.25, 0.3) is 0 Å². The minimum atomic E-state index is -0.171. The molecule has 2 N–H and O–H groups in total. The van der Waals surface area contributed by atoms with Crippen molar-refractivity contribution >= 4 is 0 Å². The van der Waals surface area contributed by atoms with Gasteiger partial charge in [-0.15, -0.1) is 0 Å². The van der Waals surface area contributed by atoms with Gasteiger partial charge in [-0.05, 0) is 68.1 Å². The van der Waals surface area contributed by atoms with Crippen LogP contribution in [0.4, 0.5) is 4.39 Å². The molecule has 1 aliphatic rings. The Morgan fingerprint density at radius 3 is 2.46 bits per heavy atom. The molecule has 1 saturated heterocycles. The summed E-state index contributed by atoms with van der Waals surface area (Å²) in [7, 11) is 1.69. The van der Waals surface area contributed by atoms with Crippen molar-refractivity contribution in [2.24, 2.45) is 0 Å². The summed E-state index contributed by atoms with van der Waals surface area (Å²) < 4.78 is 24.8. The highest BCUT2D eigenvalue weighted by Crippen LogP contribution is 2.44. The van der Waals surface area contributed by atoms with Gasteiger partial charge in [-0.1, -0.05) is 19.1 Å². The van der Waals surface area contributed by atoms with E-state index in [9.17, 15) is 4.39 Å². The van der Waals surface area contributed by atoms with Gasteiger partial charge < -0.3 is 14.8 Å². The Morgan fingerprint density at radius 1 is 1.11 bits per heavy atom. The van der Waals surface area contributed by atoms with Crippen LogP contribution in [0.2, 0.25) is 0 Å². The Morgan fingerprint density at radius 2 is 1.82 bits per heavy atom. The number of quaternary nitrogens is 1. The number of rotatable bonds is 8. The second-order valence-corrected chi connectivity index (χ2v) is 8.25. The normalized spacial score (nSPS) is 24.9. The molecule has 0 bridgehead atoms. The molecule has 2 aromatic carbocycles. The fourth-order valence-electron chi connectivity index (χ4n) is 4.39. The zero-order valence-corrected chi connectivity index (χ0v) is 17.3. The highest BCUT2D eigenvalue weighted by molar-refractivity contribution is 5.28. The van der Waals surface area contributed by atoms with E-state index in [-0.39, 0.29) is 16.8 Å². The summed E-state index contributed by atoms with van der Waals surface area (Å²) in [6.45, 7) is 7.15. The van der Waals surface area contributed by atoms with Crippen LogP contribution in [0, 0.1) is 5.82 Å². The first-order chi connectivity index (χ1) is 13.5. The molecule has 0 amide bonds. The highest BCUT2D eigenvalue weighted by atomic mass is 19.1. The lowest BCUT2D eigenvalue weighted by Crippen LogP contribution is -2.83. The van der Waals surface area contributed by atoms with E-state index in [4.69, 9.17) is 9.47 Å². The first kappa shape index (κ1) is 20.8. The Kier molecular flexibility index (Phi) is 6.73. The van der Waals surface area contributed by atoms with Crippen molar-refractivity contribution in [3.05, 3.63) is 65.5 Å². The summed E-state index contributed by atoms with van der Waals surface area (Å²) in [4.78, 5) is 0. The van der Waals surface area contributed by atoms with Crippen molar-refractivity contribution in [1.29, 1.82) is 0 Å². The molecule has 0 saturated carbocycles. The minimum absolute atomic E-state index is 0.0487. The molecule has 0 radical (unpaired) electrons. The van der Waals surface area contributed by atoms with Gasteiger partial charge in [0.05, 0.1) is 19.3 Å². The Balaban J connectivity index is 1.68. The molecular weight excluding hydrogens is 353 g/mol. The smallest absolute Gasteiger partial charge is 0.123 e. The molecule has 3 nitrogen and oxygen atoms in total. The van der Waals surface area contributed by atoms with Crippen molar-refractivity contribution in [3.63, 3.8) is 0 Å². The van der Waals surface area contributed by atoms with Crippen LogP contribution in [0.1, 0.15) is 50.7 Å². The summed E-state index contributed by atoms with van der Waals surface area (Å²) in [6, 6.07) is 15.4. The summed E-state index contributed by atoms with van der Waals surface area (Å²) in [6.07, 6.45) is 4.03.